The lowest BCUT2D eigenvalue weighted by molar-refractivity contribution is -0.128. The molecule has 2 aromatic rings. The van der Waals surface area contributed by atoms with Crippen LogP contribution in [0.25, 0.3) is 5.69 Å². The molecule has 25 heavy (non-hydrogen) atoms. The van der Waals surface area contributed by atoms with Gasteiger partial charge < -0.3 is 15.8 Å². The van der Waals surface area contributed by atoms with Gasteiger partial charge in [-0.1, -0.05) is 18.2 Å². The van der Waals surface area contributed by atoms with Gasteiger partial charge >= 0.3 is 0 Å². The van der Waals surface area contributed by atoms with Gasteiger partial charge in [-0.25, -0.2) is 4.68 Å². The number of halogens is 1. The summed E-state index contributed by atoms with van der Waals surface area (Å²) in [5.41, 5.74) is 8.03. The van der Waals surface area contributed by atoms with E-state index in [4.69, 9.17) is 10.5 Å². The second-order valence-corrected chi connectivity index (χ2v) is 6.25. The van der Waals surface area contributed by atoms with Crippen LogP contribution in [0.1, 0.15) is 24.8 Å². The normalized spacial score (nSPS) is 22.9. The van der Waals surface area contributed by atoms with E-state index in [2.05, 4.69) is 10.4 Å². The first-order chi connectivity index (χ1) is 11.7. The maximum Gasteiger partial charge on any atom is 0.223 e. The molecule has 1 aromatic carbocycles. The fourth-order valence-electron chi connectivity index (χ4n) is 3.28. The molecular weight excluding hydrogens is 340 g/mol. The van der Waals surface area contributed by atoms with Crippen LogP contribution in [0, 0.1) is 5.92 Å². The van der Waals surface area contributed by atoms with Crippen molar-refractivity contribution in [2.45, 2.75) is 38.0 Å². The summed E-state index contributed by atoms with van der Waals surface area (Å²) in [5, 5.41) is 7.32. The van der Waals surface area contributed by atoms with Crippen LogP contribution in [0.3, 0.4) is 0 Å². The molecule has 7 heteroatoms. The van der Waals surface area contributed by atoms with E-state index in [9.17, 15) is 4.79 Å². The highest BCUT2D eigenvalue weighted by Gasteiger charge is 2.31. The van der Waals surface area contributed by atoms with Crippen LogP contribution in [-0.2, 0) is 16.1 Å². The summed E-state index contributed by atoms with van der Waals surface area (Å²) in [5.74, 6) is 0.0332. The Morgan fingerprint density at radius 1 is 1.36 bits per heavy atom. The number of carbonyl (C=O) groups is 1. The molecule has 6 nitrogen and oxygen atoms in total. The molecule has 0 aliphatic heterocycles. The van der Waals surface area contributed by atoms with Crippen molar-refractivity contribution in [1.82, 2.24) is 15.1 Å². The van der Waals surface area contributed by atoms with Crippen molar-refractivity contribution < 1.29 is 9.53 Å². The average Bonchev–Trinajstić information content (AvgIpc) is 3.15. The minimum atomic E-state index is -0.0362. The Labute approximate surface area is 154 Å². The summed E-state index contributed by atoms with van der Waals surface area (Å²) in [6.45, 7) is 0.481. The lowest BCUT2D eigenvalue weighted by Gasteiger charge is -2.32. The number of ether oxygens (including phenoxy) is 1. The van der Waals surface area contributed by atoms with Crippen LogP contribution in [0.2, 0.25) is 0 Å². The van der Waals surface area contributed by atoms with Crippen molar-refractivity contribution in [1.29, 1.82) is 0 Å². The largest absolute Gasteiger partial charge is 0.380 e. The van der Waals surface area contributed by atoms with Gasteiger partial charge in [0, 0.05) is 38.0 Å². The van der Waals surface area contributed by atoms with Crippen molar-refractivity contribution in [3.8, 4) is 5.69 Å². The van der Waals surface area contributed by atoms with Crippen LogP contribution >= 0.6 is 12.4 Å². The number of methoxy groups -OCH3 is 1. The van der Waals surface area contributed by atoms with Gasteiger partial charge in [0.2, 0.25) is 5.91 Å². The predicted octanol–water partition coefficient (Wildman–Crippen LogP) is 2.05. The molecule has 0 spiro atoms. The van der Waals surface area contributed by atoms with E-state index in [0.29, 0.717) is 13.0 Å². The topological polar surface area (TPSA) is 82.2 Å². The third kappa shape index (κ3) is 4.60. The summed E-state index contributed by atoms with van der Waals surface area (Å²) in [7, 11) is 1.66. The quantitative estimate of drug-likeness (QED) is 0.850. The molecule has 0 radical (unpaired) electrons. The number of aromatic nitrogens is 2. The first kappa shape index (κ1) is 19.4. The van der Waals surface area contributed by atoms with E-state index in [1.54, 1.807) is 13.3 Å². The Balaban J connectivity index is 0.00000225. The molecule has 1 aliphatic rings. The van der Waals surface area contributed by atoms with Gasteiger partial charge in [0.05, 0.1) is 11.8 Å². The van der Waals surface area contributed by atoms with Crippen LogP contribution < -0.4 is 11.1 Å². The summed E-state index contributed by atoms with van der Waals surface area (Å²) in [6.07, 6.45) is 5.92. The molecule has 1 aromatic heterocycles. The van der Waals surface area contributed by atoms with Crippen molar-refractivity contribution in [3.63, 3.8) is 0 Å². The van der Waals surface area contributed by atoms with E-state index in [0.717, 1.165) is 24.1 Å². The van der Waals surface area contributed by atoms with Crippen LogP contribution in [0.5, 0.6) is 0 Å². The fraction of sp³-hybridized carbons (Fsp3) is 0.444. The Bertz CT molecular complexity index is 677. The van der Waals surface area contributed by atoms with Crippen LogP contribution in [0.4, 0.5) is 0 Å². The summed E-state index contributed by atoms with van der Waals surface area (Å²) in [6, 6.07) is 9.84. The number of hydrogen-bond donors (Lipinski definition) is 2. The van der Waals surface area contributed by atoms with Gasteiger partial charge in [-0.15, -0.1) is 12.4 Å². The standard InChI is InChI=1S/C18H24N4O2.ClH/c1-24-17-11-13(7-8-15(17)19)18(23)20-12-14-5-2-3-6-16(14)22-10-4-9-21-22;/h2-6,9-10,13,15,17H,7-8,11-12,19H2,1H3,(H,20,23);1H/t13-,15-,17-;/m0./s1. The van der Waals surface area contributed by atoms with Crippen molar-refractivity contribution in [2.24, 2.45) is 11.7 Å². The Morgan fingerprint density at radius 3 is 2.88 bits per heavy atom. The van der Waals surface area contributed by atoms with Crippen molar-refractivity contribution in [2.75, 3.05) is 7.11 Å². The molecular formula is C18H25ClN4O2. The number of amides is 1. The van der Waals surface area contributed by atoms with Gasteiger partial charge in [-0.05, 0) is 37.0 Å². The summed E-state index contributed by atoms with van der Waals surface area (Å²) < 4.78 is 7.21. The molecule has 0 unspecified atom stereocenters. The van der Waals surface area contributed by atoms with E-state index >= 15 is 0 Å². The van der Waals surface area contributed by atoms with E-state index < -0.39 is 0 Å². The lowest BCUT2D eigenvalue weighted by atomic mass is 9.83. The first-order valence-corrected chi connectivity index (χ1v) is 8.33. The maximum atomic E-state index is 12.5. The number of hydrogen-bond acceptors (Lipinski definition) is 4. The number of para-hydroxylation sites is 1. The highest BCUT2D eigenvalue weighted by Crippen LogP contribution is 2.25. The zero-order valence-corrected chi connectivity index (χ0v) is 15.1. The zero-order chi connectivity index (χ0) is 16.9. The van der Waals surface area contributed by atoms with Gasteiger partial charge in [0.25, 0.3) is 0 Å². The third-order valence-electron chi connectivity index (χ3n) is 4.71. The molecule has 1 amide bonds. The average molecular weight is 365 g/mol. The van der Waals surface area contributed by atoms with Gasteiger partial charge in [0.1, 0.15) is 0 Å². The Morgan fingerprint density at radius 2 is 2.16 bits per heavy atom. The molecule has 1 aliphatic carbocycles. The van der Waals surface area contributed by atoms with E-state index in [1.807, 2.05) is 41.2 Å². The third-order valence-corrected chi connectivity index (χ3v) is 4.71. The molecule has 0 saturated heterocycles. The molecule has 3 N–H and O–H groups in total. The minimum Gasteiger partial charge on any atom is -0.380 e. The fourth-order valence-corrected chi connectivity index (χ4v) is 3.28. The number of benzene rings is 1. The number of nitrogens with one attached hydrogen (secondary N) is 1. The number of nitrogens with two attached hydrogens (primary N) is 1. The number of rotatable bonds is 5. The van der Waals surface area contributed by atoms with Crippen LogP contribution in [0.15, 0.2) is 42.7 Å². The van der Waals surface area contributed by atoms with Gasteiger partial charge in [-0.2, -0.15) is 5.10 Å². The Kier molecular flexibility index (Phi) is 6.99. The summed E-state index contributed by atoms with van der Waals surface area (Å²) >= 11 is 0. The minimum absolute atomic E-state index is 0. The highest BCUT2D eigenvalue weighted by atomic mass is 35.5. The highest BCUT2D eigenvalue weighted by molar-refractivity contribution is 5.85. The predicted molar refractivity (Wildman–Crippen MR) is 98.8 cm³/mol. The molecule has 0 bridgehead atoms. The van der Waals surface area contributed by atoms with Gasteiger partial charge in [-0.3, -0.25) is 4.79 Å². The van der Waals surface area contributed by atoms with E-state index in [-0.39, 0.29) is 36.4 Å². The first-order valence-electron chi connectivity index (χ1n) is 8.33. The SMILES string of the molecule is CO[C@H]1C[C@@H](C(=O)NCc2ccccc2-n2cccn2)CC[C@@H]1N.Cl. The zero-order valence-electron chi connectivity index (χ0n) is 14.3. The lowest BCUT2D eigenvalue weighted by Crippen LogP contribution is -2.45. The maximum absolute atomic E-state index is 12.5. The van der Waals surface area contributed by atoms with Gasteiger partial charge in [0.15, 0.2) is 0 Å². The second kappa shape index (κ2) is 8.99. The smallest absolute Gasteiger partial charge is 0.223 e. The Hall–Kier alpha value is -1.89. The number of nitrogens with zero attached hydrogens (tertiary/aromatic N) is 2. The summed E-state index contributed by atoms with van der Waals surface area (Å²) in [4.78, 5) is 12.5. The number of carbonyl (C=O) groups excluding carboxylic acids is 1. The molecule has 1 fully saturated rings. The molecule has 136 valence electrons. The molecule has 3 atom stereocenters. The monoisotopic (exact) mass is 364 g/mol. The van der Waals surface area contributed by atoms with Crippen LogP contribution in [-0.4, -0.2) is 34.9 Å². The molecule has 1 heterocycles. The van der Waals surface area contributed by atoms with Crippen molar-refractivity contribution in [3.05, 3.63) is 48.3 Å². The van der Waals surface area contributed by atoms with E-state index in [1.165, 1.54) is 0 Å². The second-order valence-electron chi connectivity index (χ2n) is 6.25. The molecule has 1 saturated carbocycles. The molecule has 3 rings (SSSR count). The van der Waals surface area contributed by atoms with Crippen molar-refractivity contribution >= 4 is 18.3 Å².